The van der Waals surface area contributed by atoms with E-state index in [0.717, 1.165) is 19.6 Å². The first-order valence-corrected chi connectivity index (χ1v) is 7.16. The number of unbranched alkanes of at least 4 members (excludes halogenated alkanes) is 8. The van der Waals surface area contributed by atoms with Gasteiger partial charge in [-0.15, -0.1) is 0 Å². The lowest BCUT2D eigenvalue weighted by Crippen LogP contribution is -2.06. The first-order chi connectivity index (χ1) is 7.93. The molecule has 0 bridgehead atoms. The largest absolute Gasteiger partial charge is 0.350 e. The molecule has 0 aromatic carbocycles. The lowest BCUT2D eigenvalue weighted by molar-refractivity contribution is -0.0480. The zero-order valence-electron chi connectivity index (χ0n) is 10.9. The van der Waals surface area contributed by atoms with Crippen LogP contribution < -0.4 is 0 Å². The molecule has 1 saturated heterocycles. The third kappa shape index (κ3) is 7.24. The van der Waals surface area contributed by atoms with Crippen LogP contribution in [0, 0.1) is 0 Å². The lowest BCUT2D eigenvalue weighted by Gasteiger charge is -2.08. The summed E-state index contributed by atoms with van der Waals surface area (Å²) in [6, 6.07) is 0. The average molecular weight is 228 g/mol. The molecular formula is C14H28O2. The van der Waals surface area contributed by atoms with Gasteiger partial charge in [0, 0.05) is 0 Å². The molecule has 2 heteroatoms. The minimum atomic E-state index is 0.115. The second-order valence-electron chi connectivity index (χ2n) is 4.79. The Hall–Kier alpha value is -0.0800. The maximum Gasteiger partial charge on any atom is 0.157 e. The molecule has 2 nitrogen and oxygen atoms in total. The number of ether oxygens (including phenoxy) is 2. The summed E-state index contributed by atoms with van der Waals surface area (Å²) < 4.78 is 10.8. The second kappa shape index (κ2) is 10.1. The van der Waals surface area contributed by atoms with Crippen LogP contribution in [0.1, 0.15) is 71.1 Å². The van der Waals surface area contributed by atoms with E-state index in [2.05, 4.69) is 6.92 Å². The van der Waals surface area contributed by atoms with E-state index < -0.39 is 0 Å². The van der Waals surface area contributed by atoms with Crippen molar-refractivity contribution in [3.05, 3.63) is 0 Å². The highest BCUT2D eigenvalue weighted by atomic mass is 16.7. The van der Waals surface area contributed by atoms with E-state index in [-0.39, 0.29) is 6.29 Å². The minimum Gasteiger partial charge on any atom is -0.350 e. The van der Waals surface area contributed by atoms with E-state index in [1.807, 2.05) is 0 Å². The predicted octanol–water partition coefficient (Wildman–Crippen LogP) is 4.28. The first kappa shape index (κ1) is 14.0. The topological polar surface area (TPSA) is 18.5 Å². The van der Waals surface area contributed by atoms with Gasteiger partial charge in [0.1, 0.15) is 0 Å². The van der Waals surface area contributed by atoms with E-state index in [1.165, 1.54) is 57.8 Å². The second-order valence-corrected chi connectivity index (χ2v) is 4.79. The molecule has 0 amide bonds. The van der Waals surface area contributed by atoms with Gasteiger partial charge in [0.2, 0.25) is 0 Å². The highest BCUT2D eigenvalue weighted by molar-refractivity contribution is 4.53. The van der Waals surface area contributed by atoms with Crippen molar-refractivity contribution >= 4 is 0 Å². The van der Waals surface area contributed by atoms with Gasteiger partial charge in [-0.3, -0.25) is 0 Å². The van der Waals surface area contributed by atoms with Gasteiger partial charge in [0.05, 0.1) is 13.2 Å². The molecule has 0 saturated carbocycles. The molecule has 0 aromatic rings. The molecule has 0 atom stereocenters. The zero-order chi connectivity index (χ0) is 11.5. The summed E-state index contributed by atoms with van der Waals surface area (Å²) in [6.07, 6.45) is 13.7. The van der Waals surface area contributed by atoms with E-state index in [4.69, 9.17) is 9.47 Å². The van der Waals surface area contributed by atoms with E-state index >= 15 is 0 Å². The molecule has 0 unspecified atom stereocenters. The molecule has 1 heterocycles. The number of hydrogen-bond acceptors (Lipinski definition) is 2. The molecule has 0 N–H and O–H groups in total. The SMILES string of the molecule is CCCCCCCCCCCC1OCCO1. The Morgan fingerprint density at radius 2 is 1.25 bits per heavy atom. The Morgan fingerprint density at radius 1 is 0.750 bits per heavy atom. The maximum absolute atomic E-state index is 5.40. The van der Waals surface area contributed by atoms with Gasteiger partial charge < -0.3 is 9.47 Å². The fourth-order valence-corrected chi connectivity index (χ4v) is 2.20. The van der Waals surface area contributed by atoms with Crippen molar-refractivity contribution < 1.29 is 9.47 Å². The summed E-state index contributed by atoms with van der Waals surface area (Å²) in [5.74, 6) is 0. The fraction of sp³-hybridized carbons (Fsp3) is 1.00. The van der Waals surface area contributed by atoms with Crippen LogP contribution in [0.4, 0.5) is 0 Å². The Bertz CT molecular complexity index is 142. The Labute approximate surface area is 101 Å². The zero-order valence-corrected chi connectivity index (χ0v) is 10.9. The van der Waals surface area contributed by atoms with Crippen LogP contribution in [-0.2, 0) is 9.47 Å². The summed E-state index contributed by atoms with van der Waals surface area (Å²) in [5, 5.41) is 0. The van der Waals surface area contributed by atoms with E-state index in [9.17, 15) is 0 Å². The summed E-state index contributed by atoms with van der Waals surface area (Å²) >= 11 is 0. The Balaban J connectivity index is 1.71. The molecule has 1 fully saturated rings. The molecule has 0 spiro atoms. The highest BCUT2D eigenvalue weighted by Crippen LogP contribution is 2.14. The summed E-state index contributed by atoms with van der Waals surface area (Å²) in [7, 11) is 0. The normalized spacial score (nSPS) is 17.1. The molecule has 1 aliphatic heterocycles. The molecule has 0 aromatic heterocycles. The van der Waals surface area contributed by atoms with Crippen LogP contribution in [0.3, 0.4) is 0 Å². The molecule has 1 rings (SSSR count). The van der Waals surface area contributed by atoms with Gasteiger partial charge in [-0.05, 0) is 12.8 Å². The van der Waals surface area contributed by atoms with Gasteiger partial charge in [-0.1, -0.05) is 58.3 Å². The van der Waals surface area contributed by atoms with Gasteiger partial charge in [0.15, 0.2) is 6.29 Å². The Kier molecular flexibility index (Phi) is 8.83. The predicted molar refractivity (Wildman–Crippen MR) is 67.5 cm³/mol. The number of rotatable bonds is 10. The summed E-state index contributed by atoms with van der Waals surface area (Å²) in [5.41, 5.74) is 0. The van der Waals surface area contributed by atoms with Gasteiger partial charge in [0.25, 0.3) is 0 Å². The van der Waals surface area contributed by atoms with Crippen LogP contribution in [-0.4, -0.2) is 19.5 Å². The fourth-order valence-electron chi connectivity index (χ4n) is 2.20. The number of hydrogen-bond donors (Lipinski definition) is 0. The summed E-state index contributed by atoms with van der Waals surface area (Å²) in [6.45, 7) is 3.86. The van der Waals surface area contributed by atoms with Crippen molar-refractivity contribution in [2.45, 2.75) is 77.4 Å². The lowest BCUT2D eigenvalue weighted by atomic mass is 10.1. The van der Waals surface area contributed by atoms with Crippen molar-refractivity contribution in [1.29, 1.82) is 0 Å². The van der Waals surface area contributed by atoms with Gasteiger partial charge in [-0.2, -0.15) is 0 Å². The quantitative estimate of drug-likeness (QED) is 0.520. The van der Waals surface area contributed by atoms with Gasteiger partial charge in [-0.25, -0.2) is 0 Å². The van der Waals surface area contributed by atoms with Crippen LogP contribution in [0.5, 0.6) is 0 Å². The van der Waals surface area contributed by atoms with Crippen LogP contribution in [0.15, 0.2) is 0 Å². The van der Waals surface area contributed by atoms with Crippen LogP contribution in [0.25, 0.3) is 0 Å². The van der Waals surface area contributed by atoms with Crippen molar-refractivity contribution in [2.24, 2.45) is 0 Å². The van der Waals surface area contributed by atoms with Gasteiger partial charge >= 0.3 is 0 Å². The molecule has 0 radical (unpaired) electrons. The molecule has 0 aliphatic carbocycles. The molecular weight excluding hydrogens is 200 g/mol. The van der Waals surface area contributed by atoms with Crippen molar-refractivity contribution in [1.82, 2.24) is 0 Å². The first-order valence-electron chi connectivity index (χ1n) is 7.16. The molecule has 1 aliphatic rings. The van der Waals surface area contributed by atoms with E-state index in [0.29, 0.717) is 0 Å². The molecule has 16 heavy (non-hydrogen) atoms. The maximum atomic E-state index is 5.40. The van der Waals surface area contributed by atoms with Crippen LogP contribution in [0.2, 0.25) is 0 Å². The van der Waals surface area contributed by atoms with Crippen molar-refractivity contribution in [3.63, 3.8) is 0 Å². The summed E-state index contributed by atoms with van der Waals surface area (Å²) in [4.78, 5) is 0. The molecule has 96 valence electrons. The average Bonchev–Trinajstić information content (AvgIpc) is 2.80. The smallest absolute Gasteiger partial charge is 0.157 e. The van der Waals surface area contributed by atoms with Crippen molar-refractivity contribution in [3.8, 4) is 0 Å². The monoisotopic (exact) mass is 228 g/mol. The van der Waals surface area contributed by atoms with E-state index in [1.54, 1.807) is 0 Å². The third-order valence-electron chi connectivity index (χ3n) is 3.23. The third-order valence-corrected chi connectivity index (χ3v) is 3.23. The standard InChI is InChI=1S/C14H28O2/c1-2-3-4-5-6-7-8-9-10-11-14-15-12-13-16-14/h14H,2-13H2,1H3. The minimum absolute atomic E-state index is 0.115. The highest BCUT2D eigenvalue weighted by Gasteiger charge is 2.14. The van der Waals surface area contributed by atoms with Crippen LogP contribution >= 0.6 is 0 Å². The van der Waals surface area contributed by atoms with Crippen molar-refractivity contribution in [2.75, 3.05) is 13.2 Å². The Morgan fingerprint density at radius 3 is 1.81 bits per heavy atom.